The first-order valence-corrected chi connectivity index (χ1v) is 9.04. The Balaban J connectivity index is 2.07. The van der Waals surface area contributed by atoms with Crippen molar-refractivity contribution in [3.05, 3.63) is 29.6 Å². The molecule has 21 heavy (non-hydrogen) atoms. The minimum atomic E-state index is 0.561. The quantitative estimate of drug-likeness (QED) is 0.924. The minimum Gasteiger partial charge on any atom is -0.327 e. The van der Waals surface area contributed by atoms with E-state index in [2.05, 4.69) is 48.4 Å². The molecule has 114 valence electrons. The zero-order valence-electron chi connectivity index (χ0n) is 13.0. The number of nitrogens with two attached hydrogens (primary N) is 1. The first-order valence-electron chi connectivity index (χ1n) is 7.99. The number of hydrogen-bond acceptors (Lipinski definition) is 3. The van der Waals surface area contributed by atoms with Crippen LogP contribution in [0.25, 0.3) is 11.0 Å². The number of rotatable bonds is 4. The van der Waals surface area contributed by atoms with Gasteiger partial charge in [-0.2, -0.15) is 11.8 Å². The summed E-state index contributed by atoms with van der Waals surface area (Å²) in [5.74, 6) is 3.17. The van der Waals surface area contributed by atoms with Crippen LogP contribution in [-0.4, -0.2) is 15.3 Å². The predicted octanol–water partition coefficient (Wildman–Crippen LogP) is 4.11. The van der Waals surface area contributed by atoms with E-state index in [1.807, 2.05) is 0 Å². The van der Waals surface area contributed by atoms with E-state index in [9.17, 15) is 0 Å². The van der Waals surface area contributed by atoms with E-state index in [0.717, 1.165) is 12.1 Å². The number of nitrogens with zero attached hydrogens (tertiary/aromatic N) is 2. The highest BCUT2D eigenvalue weighted by atomic mass is 32.2. The maximum Gasteiger partial charge on any atom is 0.123 e. The molecule has 2 aromatic rings. The van der Waals surface area contributed by atoms with Gasteiger partial charge >= 0.3 is 0 Å². The zero-order chi connectivity index (χ0) is 14.8. The van der Waals surface area contributed by atoms with Crippen LogP contribution >= 0.6 is 11.8 Å². The molecule has 0 bridgehead atoms. The SMILES string of the molecule is CC(C)Cn1c(C2CCCCS2)nc2cc(CN)ccc21. The van der Waals surface area contributed by atoms with Gasteiger partial charge in [-0.05, 0) is 42.2 Å². The number of thioether (sulfide) groups is 1. The fourth-order valence-corrected chi connectivity index (χ4v) is 4.39. The average molecular weight is 303 g/mol. The first kappa shape index (κ1) is 14.9. The summed E-state index contributed by atoms with van der Waals surface area (Å²) in [5.41, 5.74) is 9.31. The van der Waals surface area contributed by atoms with E-state index < -0.39 is 0 Å². The van der Waals surface area contributed by atoms with Crippen molar-refractivity contribution in [3.8, 4) is 0 Å². The lowest BCUT2D eigenvalue weighted by molar-refractivity contribution is 0.507. The lowest BCUT2D eigenvalue weighted by Crippen LogP contribution is -2.13. The lowest BCUT2D eigenvalue weighted by atomic mass is 10.1. The van der Waals surface area contributed by atoms with E-state index in [1.165, 1.54) is 41.9 Å². The molecule has 1 saturated heterocycles. The Kier molecular flexibility index (Phi) is 4.55. The molecule has 2 N–H and O–H groups in total. The van der Waals surface area contributed by atoms with Crippen molar-refractivity contribution in [2.45, 2.75) is 51.4 Å². The van der Waals surface area contributed by atoms with Crippen molar-refractivity contribution in [1.82, 2.24) is 9.55 Å². The second kappa shape index (κ2) is 6.41. The number of hydrogen-bond donors (Lipinski definition) is 1. The van der Waals surface area contributed by atoms with Crippen LogP contribution in [0.1, 0.15) is 49.7 Å². The maximum absolute atomic E-state index is 5.77. The van der Waals surface area contributed by atoms with Gasteiger partial charge in [-0.3, -0.25) is 0 Å². The Morgan fingerprint density at radius 1 is 1.38 bits per heavy atom. The molecule has 0 spiro atoms. The van der Waals surface area contributed by atoms with Crippen LogP contribution in [0.2, 0.25) is 0 Å². The standard InChI is InChI=1S/C17H25N3S/c1-12(2)11-20-15-7-6-13(10-18)9-14(15)19-17(20)16-5-3-4-8-21-16/h6-7,9,12,16H,3-5,8,10-11,18H2,1-2H3. The first-order chi connectivity index (χ1) is 10.2. The molecule has 3 nitrogen and oxygen atoms in total. The molecular weight excluding hydrogens is 278 g/mol. The monoisotopic (exact) mass is 303 g/mol. The predicted molar refractivity (Wildman–Crippen MR) is 91.5 cm³/mol. The summed E-state index contributed by atoms with van der Waals surface area (Å²) < 4.78 is 2.45. The van der Waals surface area contributed by atoms with Crippen LogP contribution in [0.3, 0.4) is 0 Å². The van der Waals surface area contributed by atoms with Crippen molar-refractivity contribution in [1.29, 1.82) is 0 Å². The lowest BCUT2D eigenvalue weighted by Gasteiger charge is -2.22. The van der Waals surface area contributed by atoms with Gasteiger partial charge in [-0.25, -0.2) is 4.98 Å². The molecule has 1 aliphatic rings. The molecule has 1 aliphatic heterocycles. The fraction of sp³-hybridized carbons (Fsp3) is 0.588. The van der Waals surface area contributed by atoms with Gasteiger partial charge in [0, 0.05) is 13.1 Å². The van der Waals surface area contributed by atoms with E-state index in [4.69, 9.17) is 10.7 Å². The third kappa shape index (κ3) is 3.11. The summed E-state index contributed by atoms with van der Waals surface area (Å²) in [5, 5.41) is 0.561. The summed E-state index contributed by atoms with van der Waals surface area (Å²) >= 11 is 2.07. The molecule has 0 aliphatic carbocycles. The Morgan fingerprint density at radius 2 is 2.24 bits per heavy atom. The largest absolute Gasteiger partial charge is 0.327 e. The minimum absolute atomic E-state index is 0.561. The highest BCUT2D eigenvalue weighted by Crippen LogP contribution is 2.39. The number of fused-ring (bicyclic) bond motifs is 1. The number of aromatic nitrogens is 2. The van der Waals surface area contributed by atoms with Crippen LogP contribution in [-0.2, 0) is 13.1 Å². The van der Waals surface area contributed by atoms with Crippen molar-refractivity contribution < 1.29 is 0 Å². The number of imidazole rings is 1. The van der Waals surface area contributed by atoms with Gasteiger partial charge in [-0.15, -0.1) is 0 Å². The van der Waals surface area contributed by atoms with Gasteiger partial charge in [0.1, 0.15) is 5.82 Å². The Morgan fingerprint density at radius 3 is 2.90 bits per heavy atom. The Hall–Kier alpha value is -1.00. The van der Waals surface area contributed by atoms with Gasteiger partial charge in [0.05, 0.1) is 16.3 Å². The molecule has 1 unspecified atom stereocenters. The number of benzene rings is 1. The van der Waals surface area contributed by atoms with Gasteiger partial charge in [-0.1, -0.05) is 26.3 Å². The Labute approximate surface area is 131 Å². The van der Waals surface area contributed by atoms with Gasteiger partial charge in [0.15, 0.2) is 0 Å². The smallest absolute Gasteiger partial charge is 0.123 e. The summed E-state index contributed by atoms with van der Waals surface area (Å²) in [7, 11) is 0. The highest BCUT2D eigenvalue weighted by molar-refractivity contribution is 7.99. The molecule has 4 heteroatoms. The second-order valence-electron chi connectivity index (χ2n) is 6.36. The molecule has 0 saturated carbocycles. The molecule has 0 amide bonds. The van der Waals surface area contributed by atoms with Gasteiger partial charge < -0.3 is 10.3 Å². The molecule has 2 heterocycles. The molecule has 1 atom stereocenters. The second-order valence-corrected chi connectivity index (χ2v) is 7.67. The van der Waals surface area contributed by atoms with Crippen molar-refractivity contribution >= 4 is 22.8 Å². The average Bonchev–Trinajstić information content (AvgIpc) is 2.85. The van der Waals surface area contributed by atoms with Gasteiger partial charge in [0.25, 0.3) is 0 Å². The highest BCUT2D eigenvalue weighted by Gasteiger charge is 2.23. The summed E-state index contributed by atoms with van der Waals surface area (Å²) in [4.78, 5) is 4.98. The third-order valence-electron chi connectivity index (χ3n) is 4.09. The fourth-order valence-electron chi connectivity index (χ4n) is 3.07. The maximum atomic E-state index is 5.77. The molecule has 0 radical (unpaired) electrons. The molecule has 1 aromatic heterocycles. The van der Waals surface area contributed by atoms with Crippen LogP contribution < -0.4 is 5.73 Å². The van der Waals surface area contributed by atoms with E-state index in [1.54, 1.807) is 0 Å². The summed E-state index contributed by atoms with van der Waals surface area (Å²) in [6.45, 7) is 6.18. The molecule has 1 aromatic carbocycles. The van der Waals surface area contributed by atoms with E-state index in [-0.39, 0.29) is 0 Å². The molecule has 3 rings (SSSR count). The van der Waals surface area contributed by atoms with Gasteiger partial charge in [0.2, 0.25) is 0 Å². The molecular formula is C17H25N3S. The van der Waals surface area contributed by atoms with Crippen molar-refractivity contribution in [2.24, 2.45) is 11.7 Å². The Bertz CT molecular complexity index is 612. The van der Waals surface area contributed by atoms with Crippen molar-refractivity contribution in [2.75, 3.05) is 5.75 Å². The summed E-state index contributed by atoms with van der Waals surface area (Å²) in [6, 6.07) is 6.49. The zero-order valence-corrected chi connectivity index (χ0v) is 13.8. The normalized spacial score (nSPS) is 19.5. The van der Waals surface area contributed by atoms with Crippen LogP contribution in [0, 0.1) is 5.92 Å². The summed E-state index contributed by atoms with van der Waals surface area (Å²) in [6.07, 6.45) is 3.94. The van der Waals surface area contributed by atoms with E-state index in [0.29, 0.717) is 17.7 Å². The molecule has 1 fully saturated rings. The van der Waals surface area contributed by atoms with Crippen LogP contribution in [0.4, 0.5) is 0 Å². The van der Waals surface area contributed by atoms with E-state index >= 15 is 0 Å². The van der Waals surface area contributed by atoms with Crippen molar-refractivity contribution in [3.63, 3.8) is 0 Å². The van der Waals surface area contributed by atoms with Crippen LogP contribution in [0.15, 0.2) is 18.2 Å². The van der Waals surface area contributed by atoms with Crippen LogP contribution in [0.5, 0.6) is 0 Å². The third-order valence-corrected chi connectivity index (χ3v) is 5.47. The topological polar surface area (TPSA) is 43.8 Å².